The summed E-state index contributed by atoms with van der Waals surface area (Å²) in [5, 5.41) is 1.07. The number of benzene rings is 1. The van der Waals surface area contributed by atoms with E-state index < -0.39 is 0 Å². The van der Waals surface area contributed by atoms with Gasteiger partial charge in [-0.05, 0) is 23.8 Å². The zero-order chi connectivity index (χ0) is 8.97. The van der Waals surface area contributed by atoms with Gasteiger partial charge >= 0.3 is 0 Å². The SMILES string of the molecule is O=CC=C(Cl)c1ccc(Cl)cc1. The third kappa shape index (κ3) is 2.36. The average molecular weight is 201 g/mol. The number of rotatable bonds is 2. The molecule has 0 radical (unpaired) electrons. The lowest BCUT2D eigenvalue weighted by atomic mass is 10.2. The van der Waals surface area contributed by atoms with Gasteiger partial charge in [0.15, 0.2) is 0 Å². The minimum atomic E-state index is 0.418. The summed E-state index contributed by atoms with van der Waals surface area (Å²) in [4.78, 5) is 10.1. The Hall–Kier alpha value is -0.790. The van der Waals surface area contributed by atoms with Crippen molar-refractivity contribution in [2.75, 3.05) is 0 Å². The molecule has 0 aliphatic rings. The van der Waals surface area contributed by atoms with E-state index in [0.29, 0.717) is 16.3 Å². The highest BCUT2D eigenvalue weighted by Crippen LogP contribution is 2.19. The molecule has 1 rings (SSSR count). The van der Waals surface area contributed by atoms with E-state index in [0.717, 1.165) is 5.56 Å². The third-order valence-electron chi connectivity index (χ3n) is 1.33. The Kier molecular flexibility index (Phi) is 3.32. The monoisotopic (exact) mass is 200 g/mol. The molecule has 0 spiro atoms. The molecule has 0 atom stereocenters. The first kappa shape index (κ1) is 9.30. The Morgan fingerprint density at radius 1 is 1.25 bits per heavy atom. The lowest BCUT2D eigenvalue weighted by Crippen LogP contribution is -1.76. The molecular formula is C9H6Cl2O. The zero-order valence-electron chi connectivity index (χ0n) is 6.13. The van der Waals surface area contributed by atoms with Crippen molar-refractivity contribution in [2.24, 2.45) is 0 Å². The van der Waals surface area contributed by atoms with Gasteiger partial charge in [0.05, 0.1) is 5.03 Å². The molecule has 1 nitrogen and oxygen atoms in total. The summed E-state index contributed by atoms with van der Waals surface area (Å²) in [5.41, 5.74) is 0.785. The predicted molar refractivity (Wildman–Crippen MR) is 51.3 cm³/mol. The van der Waals surface area contributed by atoms with Crippen LogP contribution < -0.4 is 0 Å². The Labute approximate surface area is 80.6 Å². The largest absolute Gasteiger partial charge is 0.299 e. The summed E-state index contributed by atoms with van der Waals surface area (Å²) < 4.78 is 0. The smallest absolute Gasteiger partial charge is 0.144 e. The lowest BCUT2D eigenvalue weighted by Gasteiger charge is -1.96. The van der Waals surface area contributed by atoms with Crippen LogP contribution in [0.15, 0.2) is 30.3 Å². The third-order valence-corrected chi connectivity index (χ3v) is 1.93. The molecule has 62 valence electrons. The molecule has 0 N–H and O–H groups in total. The maximum Gasteiger partial charge on any atom is 0.144 e. The van der Waals surface area contributed by atoms with Crippen molar-refractivity contribution < 1.29 is 4.79 Å². The quantitative estimate of drug-likeness (QED) is 0.530. The fraction of sp³-hybridized carbons (Fsp3) is 0. The topological polar surface area (TPSA) is 17.1 Å². The van der Waals surface area contributed by atoms with Gasteiger partial charge in [-0.2, -0.15) is 0 Å². The fourth-order valence-electron chi connectivity index (χ4n) is 0.765. The molecule has 0 heterocycles. The molecule has 3 heteroatoms. The van der Waals surface area contributed by atoms with Crippen LogP contribution in [-0.2, 0) is 4.79 Å². The standard InChI is InChI=1S/C9H6Cl2O/c10-8-3-1-7(2-4-8)9(11)5-6-12/h1-6H. The number of carbonyl (C=O) groups is 1. The molecule has 0 unspecified atom stereocenters. The summed E-state index contributed by atoms with van der Waals surface area (Å²) in [6.07, 6.45) is 1.95. The molecule has 0 saturated carbocycles. The maximum absolute atomic E-state index is 10.1. The molecule has 0 bridgehead atoms. The molecule has 0 saturated heterocycles. The Bertz CT molecular complexity index is 301. The van der Waals surface area contributed by atoms with Gasteiger partial charge in [-0.15, -0.1) is 0 Å². The predicted octanol–water partition coefficient (Wildman–Crippen LogP) is 3.12. The molecule has 0 amide bonds. The van der Waals surface area contributed by atoms with Crippen LogP contribution in [0.3, 0.4) is 0 Å². The number of hydrogen-bond donors (Lipinski definition) is 0. The van der Waals surface area contributed by atoms with Crippen LogP contribution in [0.5, 0.6) is 0 Å². The van der Waals surface area contributed by atoms with Gasteiger partial charge in [0.25, 0.3) is 0 Å². The van der Waals surface area contributed by atoms with Crippen molar-refractivity contribution in [1.29, 1.82) is 0 Å². The number of hydrogen-bond acceptors (Lipinski definition) is 1. The minimum Gasteiger partial charge on any atom is -0.299 e. The number of halogens is 2. The second-order valence-electron chi connectivity index (χ2n) is 2.16. The van der Waals surface area contributed by atoms with E-state index in [9.17, 15) is 4.79 Å². The van der Waals surface area contributed by atoms with Gasteiger partial charge in [-0.1, -0.05) is 35.3 Å². The lowest BCUT2D eigenvalue weighted by molar-refractivity contribution is -0.104. The van der Waals surface area contributed by atoms with Crippen LogP contribution in [0, 0.1) is 0 Å². The molecule has 0 aromatic heterocycles. The Morgan fingerprint density at radius 2 is 1.83 bits per heavy atom. The fourth-order valence-corrected chi connectivity index (χ4v) is 1.07. The van der Waals surface area contributed by atoms with E-state index in [1.807, 2.05) is 0 Å². The van der Waals surface area contributed by atoms with Gasteiger partial charge < -0.3 is 0 Å². The Balaban J connectivity index is 2.97. The molecule has 0 aliphatic carbocycles. The summed E-state index contributed by atoms with van der Waals surface area (Å²) in [5.74, 6) is 0. The van der Waals surface area contributed by atoms with Gasteiger partial charge in [0, 0.05) is 5.02 Å². The van der Waals surface area contributed by atoms with E-state index in [4.69, 9.17) is 23.2 Å². The van der Waals surface area contributed by atoms with E-state index in [1.165, 1.54) is 6.08 Å². The van der Waals surface area contributed by atoms with Crippen molar-refractivity contribution >= 4 is 34.5 Å². The van der Waals surface area contributed by atoms with Gasteiger partial charge in [0.2, 0.25) is 0 Å². The molecule has 1 aromatic carbocycles. The second kappa shape index (κ2) is 4.29. The van der Waals surface area contributed by atoms with Crippen LogP contribution in [0.4, 0.5) is 0 Å². The van der Waals surface area contributed by atoms with E-state index in [2.05, 4.69) is 0 Å². The number of carbonyl (C=O) groups excluding carboxylic acids is 1. The van der Waals surface area contributed by atoms with Crippen molar-refractivity contribution in [1.82, 2.24) is 0 Å². The van der Waals surface area contributed by atoms with Crippen molar-refractivity contribution in [3.05, 3.63) is 40.9 Å². The van der Waals surface area contributed by atoms with Crippen LogP contribution in [-0.4, -0.2) is 6.29 Å². The van der Waals surface area contributed by atoms with Crippen LogP contribution in [0.25, 0.3) is 5.03 Å². The normalized spacial score (nSPS) is 11.3. The molecule has 0 fully saturated rings. The van der Waals surface area contributed by atoms with Crippen molar-refractivity contribution in [3.63, 3.8) is 0 Å². The maximum atomic E-state index is 10.1. The average Bonchev–Trinajstić information content (AvgIpc) is 2.06. The van der Waals surface area contributed by atoms with Crippen LogP contribution in [0.1, 0.15) is 5.56 Å². The first-order chi connectivity index (χ1) is 5.74. The second-order valence-corrected chi connectivity index (χ2v) is 3.00. The van der Waals surface area contributed by atoms with Crippen LogP contribution >= 0.6 is 23.2 Å². The highest BCUT2D eigenvalue weighted by molar-refractivity contribution is 6.49. The van der Waals surface area contributed by atoms with Gasteiger partial charge in [-0.25, -0.2) is 0 Å². The number of allylic oxidation sites excluding steroid dienone is 1. The zero-order valence-corrected chi connectivity index (χ0v) is 7.64. The van der Waals surface area contributed by atoms with Crippen molar-refractivity contribution in [3.8, 4) is 0 Å². The number of aldehydes is 1. The first-order valence-electron chi connectivity index (χ1n) is 3.31. The van der Waals surface area contributed by atoms with E-state index in [1.54, 1.807) is 24.3 Å². The Morgan fingerprint density at radius 3 is 2.33 bits per heavy atom. The molecular weight excluding hydrogens is 195 g/mol. The highest BCUT2D eigenvalue weighted by atomic mass is 35.5. The van der Waals surface area contributed by atoms with Gasteiger partial charge in [-0.3, -0.25) is 4.79 Å². The van der Waals surface area contributed by atoms with E-state index >= 15 is 0 Å². The van der Waals surface area contributed by atoms with E-state index in [-0.39, 0.29) is 0 Å². The first-order valence-corrected chi connectivity index (χ1v) is 4.06. The molecule has 1 aromatic rings. The highest BCUT2D eigenvalue weighted by Gasteiger charge is 1.95. The van der Waals surface area contributed by atoms with Crippen molar-refractivity contribution in [2.45, 2.75) is 0 Å². The minimum absolute atomic E-state index is 0.418. The molecule has 0 aliphatic heterocycles. The molecule has 12 heavy (non-hydrogen) atoms. The van der Waals surface area contributed by atoms with Crippen LogP contribution in [0.2, 0.25) is 5.02 Å². The summed E-state index contributed by atoms with van der Waals surface area (Å²) in [6, 6.07) is 6.95. The summed E-state index contributed by atoms with van der Waals surface area (Å²) >= 11 is 11.4. The summed E-state index contributed by atoms with van der Waals surface area (Å²) in [7, 11) is 0. The van der Waals surface area contributed by atoms with Gasteiger partial charge in [0.1, 0.15) is 6.29 Å². The summed E-state index contributed by atoms with van der Waals surface area (Å²) in [6.45, 7) is 0.